The molecule has 1 aromatic rings. The zero-order valence-electron chi connectivity index (χ0n) is 7.60. The highest BCUT2D eigenvalue weighted by atomic mass is 16.5. The summed E-state index contributed by atoms with van der Waals surface area (Å²) in [4.78, 5) is 11.1. The quantitative estimate of drug-likeness (QED) is 0.672. The number of aromatic nitrogens is 2. The Morgan fingerprint density at radius 1 is 1.85 bits per heavy atom. The van der Waals surface area contributed by atoms with Crippen LogP contribution in [0.2, 0.25) is 0 Å². The van der Waals surface area contributed by atoms with Gasteiger partial charge in [-0.25, -0.2) is 4.79 Å². The average Bonchev–Trinajstić information content (AvgIpc) is 2.50. The fourth-order valence-electron chi connectivity index (χ4n) is 0.994. The molecular formula is C8H12N2O3. The molecule has 0 spiro atoms. The van der Waals surface area contributed by atoms with Crippen LogP contribution in [-0.4, -0.2) is 27.5 Å². The molecule has 72 valence electrons. The van der Waals surface area contributed by atoms with E-state index >= 15 is 0 Å². The van der Waals surface area contributed by atoms with Crippen LogP contribution in [0.25, 0.3) is 0 Å². The minimum absolute atomic E-state index is 0.258. The Kier molecular flexibility index (Phi) is 3.02. The third-order valence-electron chi connectivity index (χ3n) is 1.65. The van der Waals surface area contributed by atoms with E-state index in [0.717, 1.165) is 0 Å². The number of aliphatic hydroxyl groups is 1. The second kappa shape index (κ2) is 4.04. The van der Waals surface area contributed by atoms with E-state index in [0.29, 0.717) is 5.69 Å². The fourth-order valence-corrected chi connectivity index (χ4v) is 0.994. The van der Waals surface area contributed by atoms with Gasteiger partial charge in [0.1, 0.15) is 0 Å². The predicted octanol–water partition coefficient (Wildman–Crippen LogP) is 0.0166. The smallest absolute Gasteiger partial charge is 0.341 e. The maximum atomic E-state index is 11.1. The molecule has 1 aromatic heterocycles. The molecule has 0 aromatic carbocycles. The molecule has 1 unspecified atom stereocenters. The van der Waals surface area contributed by atoms with Gasteiger partial charge in [0.25, 0.3) is 0 Å². The van der Waals surface area contributed by atoms with E-state index in [2.05, 4.69) is 9.84 Å². The normalized spacial score (nSPS) is 12.5. The Hall–Kier alpha value is -1.36. The Labute approximate surface area is 75.9 Å². The van der Waals surface area contributed by atoms with Gasteiger partial charge in [0, 0.05) is 13.2 Å². The van der Waals surface area contributed by atoms with Crippen LogP contribution in [0.15, 0.2) is 12.3 Å². The summed E-state index contributed by atoms with van der Waals surface area (Å²) in [6, 6.07) is 1.57. The third kappa shape index (κ3) is 2.06. The van der Waals surface area contributed by atoms with Crippen LogP contribution in [-0.2, 0) is 16.6 Å². The first kappa shape index (κ1) is 9.73. The molecule has 5 heteroatoms. The molecule has 0 fully saturated rings. The summed E-state index contributed by atoms with van der Waals surface area (Å²) < 4.78 is 6.08. The molecule has 0 bridgehead atoms. The first-order valence-electron chi connectivity index (χ1n) is 3.99. The van der Waals surface area contributed by atoms with Crippen LogP contribution in [0.4, 0.5) is 0 Å². The van der Waals surface area contributed by atoms with Crippen molar-refractivity contribution in [3.63, 3.8) is 0 Å². The molecule has 1 heterocycles. The van der Waals surface area contributed by atoms with Gasteiger partial charge in [-0.05, 0) is 13.0 Å². The maximum absolute atomic E-state index is 11.1. The lowest BCUT2D eigenvalue weighted by Gasteiger charge is -2.09. The number of hydrogen-bond acceptors (Lipinski definition) is 4. The van der Waals surface area contributed by atoms with E-state index in [4.69, 9.17) is 0 Å². The van der Waals surface area contributed by atoms with E-state index < -0.39 is 12.1 Å². The third-order valence-corrected chi connectivity index (χ3v) is 1.65. The summed E-state index contributed by atoms with van der Waals surface area (Å²) in [5.74, 6) is -0.647. The number of nitrogens with zero attached hydrogens (tertiary/aromatic N) is 2. The van der Waals surface area contributed by atoms with Crippen LogP contribution in [0.5, 0.6) is 0 Å². The molecule has 0 aliphatic rings. The second-order valence-corrected chi connectivity index (χ2v) is 2.53. The molecule has 13 heavy (non-hydrogen) atoms. The minimum Gasteiger partial charge on any atom is -0.464 e. The highest BCUT2D eigenvalue weighted by molar-refractivity contribution is 5.75. The summed E-state index contributed by atoms with van der Waals surface area (Å²) >= 11 is 0. The topological polar surface area (TPSA) is 64.3 Å². The van der Waals surface area contributed by atoms with Crippen molar-refractivity contribution in [1.29, 1.82) is 0 Å². The summed E-state index contributed by atoms with van der Waals surface area (Å²) in [6.45, 7) is 1.95. The fraction of sp³-hybridized carbons (Fsp3) is 0.500. The maximum Gasteiger partial charge on any atom is 0.341 e. The first-order chi connectivity index (χ1) is 6.16. The van der Waals surface area contributed by atoms with E-state index in [1.165, 1.54) is 10.9 Å². The number of rotatable bonds is 3. The van der Waals surface area contributed by atoms with Gasteiger partial charge < -0.3 is 9.84 Å². The number of carbonyl (C=O) groups excluding carboxylic acids is 1. The Morgan fingerprint density at radius 2 is 2.54 bits per heavy atom. The second-order valence-electron chi connectivity index (χ2n) is 2.53. The zero-order chi connectivity index (χ0) is 9.84. The number of aliphatic hydroxyl groups excluding tert-OH is 1. The van der Waals surface area contributed by atoms with Gasteiger partial charge in [0.15, 0.2) is 6.10 Å². The molecule has 0 aliphatic carbocycles. The Morgan fingerprint density at radius 3 is 3.00 bits per heavy atom. The van der Waals surface area contributed by atoms with Crippen LogP contribution in [0.3, 0.4) is 0 Å². The van der Waals surface area contributed by atoms with Gasteiger partial charge >= 0.3 is 5.97 Å². The van der Waals surface area contributed by atoms with E-state index in [1.54, 1.807) is 20.0 Å². The van der Waals surface area contributed by atoms with Gasteiger partial charge in [-0.1, -0.05) is 0 Å². The Balaban J connectivity index is 2.73. The molecule has 0 aliphatic heterocycles. The van der Waals surface area contributed by atoms with Crippen molar-refractivity contribution in [2.75, 3.05) is 6.61 Å². The van der Waals surface area contributed by atoms with Crippen molar-refractivity contribution >= 4 is 5.97 Å². The zero-order valence-corrected chi connectivity index (χ0v) is 7.60. The standard InChI is InChI=1S/C8H12N2O3/c1-3-13-8(12)7(11)6-4-5-9-10(6)2/h4-5,7,11H,3H2,1-2H3. The predicted molar refractivity (Wildman–Crippen MR) is 44.8 cm³/mol. The van der Waals surface area contributed by atoms with Gasteiger partial charge in [-0.2, -0.15) is 5.10 Å². The van der Waals surface area contributed by atoms with Gasteiger partial charge in [0.2, 0.25) is 0 Å². The highest BCUT2D eigenvalue weighted by Gasteiger charge is 2.21. The number of aryl methyl sites for hydroxylation is 1. The monoisotopic (exact) mass is 184 g/mol. The van der Waals surface area contributed by atoms with Crippen molar-refractivity contribution in [3.8, 4) is 0 Å². The van der Waals surface area contributed by atoms with Crippen molar-refractivity contribution in [2.45, 2.75) is 13.0 Å². The SMILES string of the molecule is CCOC(=O)C(O)c1ccnn1C. The highest BCUT2D eigenvalue weighted by Crippen LogP contribution is 2.12. The number of esters is 1. The van der Waals surface area contributed by atoms with Crippen molar-refractivity contribution in [2.24, 2.45) is 7.05 Å². The van der Waals surface area contributed by atoms with Crippen LogP contribution in [0.1, 0.15) is 18.7 Å². The lowest BCUT2D eigenvalue weighted by atomic mass is 10.2. The summed E-state index contributed by atoms with van der Waals surface area (Å²) in [7, 11) is 1.65. The van der Waals surface area contributed by atoms with Gasteiger partial charge in [-0.15, -0.1) is 0 Å². The summed E-state index contributed by atoms with van der Waals surface area (Å²) in [6.07, 6.45) is 0.269. The minimum atomic E-state index is -1.24. The Bertz CT molecular complexity index is 295. The van der Waals surface area contributed by atoms with E-state index in [-0.39, 0.29) is 6.61 Å². The largest absolute Gasteiger partial charge is 0.464 e. The van der Waals surface area contributed by atoms with E-state index in [1.807, 2.05) is 0 Å². The number of ether oxygens (including phenoxy) is 1. The molecule has 0 saturated heterocycles. The molecule has 0 amide bonds. The molecule has 1 atom stereocenters. The molecule has 5 nitrogen and oxygen atoms in total. The number of hydrogen-bond donors (Lipinski definition) is 1. The summed E-state index contributed by atoms with van der Waals surface area (Å²) in [5.41, 5.74) is 0.429. The summed E-state index contributed by atoms with van der Waals surface area (Å²) in [5, 5.41) is 13.3. The van der Waals surface area contributed by atoms with Crippen LogP contribution in [0, 0.1) is 0 Å². The van der Waals surface area contributed by atoms with Crippen LogP contribution < -0.4 is 0 Å². The van der Waals surface area contributed by atoms with Gasteiger partial charge in [0.05, 0.1) is 12.3 Å². The van der Waals surface area contributed by atoms with E-state index in [9.17, 15) is 9.90 Å². The molecule has 1 N–H and O–H groups in total. The van der Waals surface area contributed by atoms with Crippen LogP contribution >= 0.6 is 0 Å². The number of carbonyl (C=O) groups is 1. The van der Waals surface area contributed by atoms with Crippen molar-refractivity contribution in [1.82, 2.24) is 9.78 Å². The van der Waals surface area contributed by atoms with Crippen molar-refractivity contribution < 1.29 is 14.6 Å². The first-order valence-corrected chi connectivity index (χ1v) is 3.99. The molecule has 0 radical (unpaired) electrons. The molecular weight excluding hydrogens is 172 g/mol. The van der Waals surface area contributed by atoms with Crippen molar-refractivity contribution in [3.05, 3.63) is 18.0 Å². The average molecular weight is 184 g/mol. The lowest BCUT2D eigenvalue weighted by Crippen LogP contribution is -2.18. The molecule has 1 rings (SSSR count). The lowest BCUT2D eigenvalue weighted by molar-refractivity contribution is -0.153. The van der Waals surface area contributed by atoms with Gasteiger partial charge in [-0.3, -0.25) is 4.68 Å². The molecule has 0 saturated carbocycles.